The van der Waals surface area contributed by atoms with E-state index >= 15 is 0 Å². The van der Waals surface area contributed by atoms with Crippen LogP contribution in [0.15, 0.2) is 0 Å². The summed E-state index contributed by atoms with van der Waals surface area (Å²) in [6.45, 7) is 11.6. The minimum Gasteiger partial charge on any atom is -0.342 e. The molecule has 0 saturated heterocycles. The largest absolute Gasteiger partial charge is 0.342 e. The minimum atomic E-state index is -1.31. The van der Waals surface area contributed by atoms with Gasteiger partial charge >= 0.3 is 0 Å². The van der Waals surface area contributed by atoms with Crippen LogP contribution in [-0.4, -0.2) is 27.6 Å². The van der Waals surface area contributed by atoms with E-state index in [0.29, 0.717) is 13.2 Å². The van der Waals surface area contributed by atoms with Crippen LogP contribution < -0.4 is 0 Å². The first kappa shape index (κ1) is 14.3. The predicted molar refractivity (Wildman–Crippen MR) is 65.9 cm³/mol. The zero-order chi connectivity index (χ0) is 11.7. The van der Waals surface area contributed by atoms with E-state index in [1.54, 1.807) is 0 Å². The Labute approximate surface area is 94.4 Å². The van der Waals surface area contributed by atoms with Gasteiger partial charge in [-0.15, -0.1) is 5.54 Å². The number of rotatable bonds is 4. The summed E-state index contributed by atoms with van der Waals surface area (Å²) in [5, 5.41) is 0. The van der Waals surface area contributed by atoms with Crippen molar-refractivity contribution in [3.63, 3.8) is 0 Å². The minimum absolute atomic E-state index is 0.434. The maximum absolute atomic E-state index is 5.26. The van der Waals surface area contributed by atoms with Crippen molar-refractivity contribution in [2.75, 3.05) is 13.2 Å². The fraction of sp³-hybridized carbons (Fsp3) is 0.667. The fourth-order valence-electron chi connectivity index (χ4n) is 0.748. The highest BCUT2D eigenvalue weighted by molar-refractivity contribution is 6.83. The molecule has 0 bridgehead atoms. The van der Waals surface area contributed by atoms with Gasteiger partial charge in [-0.25, -0.2) is 0 Å². The molecule has 0 aliphatic carbocycles. The Morgan fingerprint density at radius 2 is 1.53 bits per heavy atom. The third kappa shape index (κ3) is 9.56. The van der Waals surface area contributed by atoms with Crippen LogP contribution >= 0.6 is 0 Å². The Bertz CT molecular complexity index is 277. The van der Waals surface area contributed by atoms with Crippen molar-refractivity contribution < 1.29 is 9.47 Å². The molecule has 0 N–H and O–H groups in total. The summed E-state index contributed by atoms with van der Waals surface area (Å²) in [6.07, 6.45) is -0.434. The summed E-state index contributed by atoms with van der Waals surface area (Å²) in [5.74, 6) is 8.50. The molecule has 0 aromatic heterocycles. The van der Waals surface area contributed by atoms with Crippen LogP contribution in [0.1, 0.15) is 13.8 Å². The van der Waals surface area contributed by atoms with Crippen molar-refractivity contribution in [2.45, 2.75) is 39.8 Å². The zero-order valence-electron chi connectivity index (χ0n) is 10.3. The van der Waals surface area contributed by atoms with Crippen LogP contribution in [0.5, 0.6) is 0 Å². The van der Waals surface area contributed by atoms with Crippen LogP contribution in [0.2, 0.25) is 19.6 Å². The number of hydrogen-bond acceptors (Lipinski definition) is 2. The second-order valence-electron chi connectivity index (χ2n) is 4.01. The highest BCUT2D eigenvalue weighted by atomic mass is 28.3. The maximum atomic E-state index is 5.26. The molecule has 2 nitrogen and oxygen atoms in total. The van der Waals surface area contributed by atoms with Crippen molar-refractivity contribution in [1.82, 2.24) is 0 Å². The van der Waals surface area contributed by atoms with Crippen LogP contribution in [0.25, 0.3) is 0 Å². The lowest BCUT2D eigenvalue weighted by molar-refractivity contribution is -0.0969. The lowest BCUT2D eigenvalue weighted by Gasteiger charge is -2.09. The van der Waals surface area contributed by atoms with E-state index in [4.69, 9.17) is 9.47 Å². The molecule has 0 atom stereocenters. The van der Waals surface area contributed by atoms with E-state index in [9.17, 15) is 0 Å². The molecule has 0 heterocycles. The number of hydrogen-bond donors (Lipinski definition) is 0. The highest BCUT2D eigenvalue weighted by Gasteiger charge is 2.06. The lowest BCUT2D eigenvalue weighted by Crippen LogP contribution is -2.16. The van der Waals surface area contributed by atoms with E-state index in [-0.39, 0.29) is 0 Å². The maximum Gasteiger partial charge on any atom is 0.223 e. The third-order valence-electron chi connectivity index (χ3n) is 1.33. The molecular formula is C12H20O2Si. The van der Waals surface area contributed by atoms with Crippen molar-refractivity contribution >= 4 is 8.07 Å². The SMILES string of the molecule is CCOC(C#CC#C[Si](C)(C)C)OCC. The molecule has 0 spiro atoms. The highest BCUT2D eigenvalue weighted by Crippen LogP contribution is 1.96. The Hall–Kier alpha value is -0.743. The van der Waals surface area contributed by atoms with Crippen LogP contribution in [0.3, 0.4) is 0 Å². The molecule has 0 fully saturated rings. The smallest absolute Gasteiger partial charge is 0.223 e. The first-order valence-electron chi connectivity index (χ1n) is 5.25. The molecule has 15 heavy (non-hydrogen) atoms. The summed E-state index contributed by atoms with van der Waals surface area (Å²) in [7, 11) is -1.31. The molecule has 0 saturated carbocycles. The molecule has 0 aliphatic heterocycles. The van der Waals surface area contributed by atoms with Gasteiger partial charge in [-0.3, -0.25) is 0 Å². The van der Waals surface area contributed by atoms with E-state index < -0.39 is 14.4 Å². The normalized spacial score (nSPS) is 10.3. The summed E-state index contributed by atoms with van der Waals surface area (Å²) < 4.78 is 10.5. The number of ether oxygens (including phenoxy) is 2. The predicted octanol–water partition coefficient (Wildman–Crippen LogP) is 2.27. The standard InChI is InChI=1S/C12H20O2Si/c1-6-13-12(14-7-2)10-8-9-11-15(3,4)5/h12H,6-7H2,1-5H3. The Kier molecular flexibility index (Phi) is 7.16. The van der Waals surface area contributed by atoms with Gasteiger partial charge < -0.3 is 9.47 Å². The average Bonchev–Trinajstić information content (AvgIpc) is 2.11. The first-order chi connectivity index (χ1) is 6.99. The summed E-state index contributed by atoms with van der Waals surface area (Å²) in [6, 6.07) is 0. The topological polar surface area (TPSA) is 18.5 Å². The van der Waals surface area contributed by atoms with E-state index in [0.717, 1.165) is 0 Å². The Morgan fingerprint density at radius 1 is 1.00 bits per heavy atom. The van der Waals surface area contributed by atoms with E-state index in [1.165, 1.54) is 0 Å². The second kappa shape index (κ2) is 7.54. The molecule has 0 aliphatic rings. The Morgan fingerprint density at radius 3 is 1.93 bits per heavy atom. The van der Waals surface area contributed by atoms with Gasteiger partial charge in [0.25, 0.3) is 0 Å². The third-order valence-corrected chi connectivity index (χ3v) is 2.20. The summed E-state index contributed by atoms with van der Waals surface area (Å²) in [5.41, 5.74) is 3.17. The van der Waals surface area contributed by atoms with Gasteiger partial charge in [0.05, 0.1) is 0 Å². The first-order valence-corrected chi connectivity index (χ1v) is 8.75. The molecule has 0 aromatic rings. The van der Waals surface area contributed by atoms with E-state index in [1.807, 2.05) is 13.8 Å². The quantitative estimate of drug-likeness (QED) is 0.414. The van der Waals surface area contributed by atoms with Gasteiger partial charge in [-0.2, -0.15) is 0 Å². The molecule has 0 unspecified atom stereocenters. The van der Waals surface area contributed by atoms with Crippen molar-refractivity contribution in [3.8, 4) is 23.3 Å². The van der Waals surface area contributed by atoms with Gasteiger partial charge in [0, 0.05) is 13.2 Å². The van der Waals surface area contributed by atoms with Crippen LogP contribution in [0, 0.1) is 23.3 Å². The lowest BCUT2D eigenvalue weighted by atomic mass is 10.5. The molecule has 3 heteroatoms. The molecular weight excluding hydrogens is 204 g/mol. The molecule has 0 amide bonds. The van der Waals surface area contributed by atoms with Gasteiger partial charge in [-0.05, 0) is 31.6 Å². The molecule has 0 radical (unpaired) electrons. The average molecular weight is 224 g/mol. The summed E-state index contributed by atoms with van der Waals surface area (Å²) >= 11 is 0. The second-order valence-corrected chi connectivity index (χ2v) is 8.76. The van der Waals surface area contributed by atoms with Crippen LogP contribution in [-0.2, 0) is 9.47 Å². The monoisotopic (exact) mass is 224 g/mol. The van der Waals surface area contributed by atoms with Gasteiger partial charge in [0.15, 0.2) is 0 Å². The molecule has 0 aromatic carbocycles. The Balaban J connectivity index is 4.25. The van der Waals surface area contributed by atoms with Crippen molar-refractivity contribution in [2.24, 2.45) is 0 Å². The summed E-state index contributed by atoms with van der Waals surface area (Å²) in [4.78, 5) is 0. The van der Waals surface area contributed by atoms with Crippen molar-refractivity contribution in [1.29, 1.82) is 0 Å². The molecule has 0 rings (SSSR count). The van der Waals surface area contributed by atoms with Crippen LogP contribution in [0.4, 0.5) is 0 Å². The van der Waals surface area contributed by atoms with Crippen molar-refractivity contribution in [3.05, 3.63) is 0 Å². The fourth-order valence-corrected chi connectivity index (χ4v) is 1.19. The molecule has 84 valence electrons. The van der Waals surface area contributed by atoms with E-state index in [2.05, 4.69) is 42.9 Å². The van der Waals surface area contributed by atoms with Gasteiger partial charge in [-0.1, -0.05) is 19.6 Å². The van der Waals surface area contributed by atoms with Gasteiger partial charge in [0.1, 0.15) is 8.07 Å². The van der Waals surface area contributed by atoms with Gasteiger partial charge in [0.2, 0.25) is 6.29 Å². The zero-order valence-corrected chi connectivity index (χ0v) is 11.3.